The van der Waals surface area contributed by atoms with E-state index in [0.29, 0.717) is 31.4 Å². The number of benzene rings is 2. The molecule has 138 valence electrons. The maximum atomic E-state index is 12.6. The average Bonchev–Trinajstić information content (AvgIpc) is 3.18. The Morgan fingerprint density at radius 1 is 0.963 bits per heavy atom. The van der Waals surface area contributed by atoms with Gasteiger partial charge in [-0.25, -0.2) is 0 Å². The molecule has 0 spiro atoms. The average molecular weight is 362 g/mol. The summed E-state index contributed by atoms with van der Waals surface area (Å²) >= 11 is 0. The zero-order valence-corrected chi connectivity index (χ0v) is 15.3. The van der Waals surface area contributed by atoms with Gasteiger partial charge in [-0.15, -0.1) is 10.2 Å². The van der Waals surface area contributed by atoms with Gasteiger partial charge >= 0.3 is 0 Å². The summed E-state index contributed by atoms with van der Waals surface area (Å²) in [7, 11) is 0. The van der Waals surface area contributed by atoms with Gasteiger partial charge in [0, 0.05) is 37.3 Å². The zero-order chi connectivity index (χ0) is 18.6. The van der Waals surface area contributed by atoms with Crippen molar-refractivity contribution < 1.29 is 9.21 Å². The second-order valence-electron chi connectivity index (χ2n) is 6.80. The molecule has 0 radical (unpaired) electrons. The third-order valence-corrected chi connectivity index (χ3v) is 4.80. The summed E-state index contributed by atoms with van der Waals surface area (Å²) in [5, 5.41) is 8.29. The normalized spacial score (nSPS) is 15.1. The van der Waals surface area contributed by atoms with Gasteiger partial charge in [0.05, 0.1) is 6.54 Å². The number of hydrogen-bond donors (Lipinski definition) is 0. The van der Waals surface area contributed by atoms with Gasteiger partial charge in [-0.2, -0.15) is 0 Å². The second kappa shape index (κ2) is 7.72. The minimum Gasteiger partial charge on any atom is -0.419 e. The molecule has 1 aromatic heterocycles. The molecule has 1 fully saturated rings. The van der Waals surface area contributed by atoms with Crippen LogP contribution in [0.3, 0.4) is 0 Å². The molecule has 0 unspecified atom stereocenters. The molecule has 0 bridgehead atoms. The topological polar surface area (TPSA) is 62.5 Å². The maximum Gasteiger partial charge on any atom is 0.253 e. The molecule has 6 heteroatoms. The number of aryl methyl sites for hydroxylation is 1. The quantitative estimate of drug-likeness (QED) is 0.714. The van der Waals surface area contributed by atoms with Gasteiger partial charge in [-0.3, -0.25) is 9.69 Å². The van der Waals surface area contributed by atoms with E-state index in [0.717, 1.165) is 29.8 Å². The van der Waals surface area contributed by atoms with Crippen LogP contribution in [0.25, 0.3) is 11.5 Å². The number of carbonyl (C=O) groups is 1. The lowest BCUT2D eigenvalue weighted by Crippen LogP contribution is -2.48. The Balaban J connectivity index is 1.33. The molecule has 27 heavy (non-hydrogen) atoms. The van der Waals surface area contributed by atoms with Crippen molar-refractivity contribution in [3.05, 3.63) is 71.6 Å². The molecular weight excluding hydrogens is 340 g/mol. The summed E-state index contributed by atoms with van der Waals surface area (Å²) in [5.74, 6) is 1.24. The van der Waals surface area contributed by atoms with Crippen molar-refractivity contribution in [1.29, 1.82) is 0 Å². The molecule has 0 saturated carbocycles. The van der Waals surface area contributed by atoms with E-state index in [-0.39, 0.29) is 5.91 Å². The van der Waals surface area contributed by atoms with Crippen LogP contribution in [-0.4, -0.2) is 52.1 Å². The third-order valence-electron chi connectivity index (χ3n) is 4.80. The molecule has 0 N–H and O–H groups in total. The predicted octanol–water partition coefficient (Wildman–Crippen LogP) is 3.00. The van der Waals surface area contributed by atoms with E-state index >= 15 is 0 Å². The number of rotatable bonds is 4. The number of nitrogens with zero attached hydrogens (tertiary/aromatic N) is 4. The van der Waals surface area contributed by atoms with Crippen LogP contribution >= 0.6 is 0 Å². The highest BCUT2D eigenvalue weighted by Crippen LogP contribution is 2.18. The second-order valence-corrected chi connectivity index (χ2v) is 6.80. The third kappa shape index (κ3) is 4.06. The first-order valence-electron chi connectivity index (χ1n) is 9.15. The molecule has 1 saturated heterocycles. The van der Waals surface area contributed by atoms with Crippen LogP contribution in [-0.2, 0) is 6.54 Å². The molecule has 4 rings (SSSR count). The summed E-state index contributed by atoms with van der Waals surface area (Å²) in [6, 6.07) is 17.5. The summed E-state index contributed by atoms with van der Waals surface area (Å²) in [6.07, 6.45) is 0. The summed E-state index contributed by atoms with van der Waals surface area (Å²) in [5.41, 5.74) is 2.83. The summed E-state index contributed by atoms with van der Waals surface area (Å²) < 4.78 is 5.78. The van der Waals surface area contributed by atoms with Gasteiger partial charge in [-0.05, 0) is 31.2 Å². The molecular formula is C21H22N4O2. The van der Waals surface area contributed by atoms with Crippen molar-refractivity contribution in [2.75, 3.05) is 26.2 Å². The standard InChI is InChI=1S/C21H22N4O2/c1-16-7-9-18(10-8-16)21(26)25-13-11-24(12-14-25)15-19-22-23-20(27-19)17-5-3-2-4-6-17/h2-10H,11-15H2,1H3. The van der Waals surface area contributed by atoms with E-state index in [2.05, 4.69) is 15.1 Å². The molecule has 1 aliphatic rings. The van der Waals surface area contributed by atoms with E-state index in [4.69, 9.17) is 4.42 Å². The van der Waals surface area contributed by atoms with E-state index in [1.165, 1.54) is 0 Å². The van der Waals surface area contributed by atoms with Crippen LogP contribution in [0.1, 0.15) is 21.8 Å². The zero-order valence-electron chi connectivity index (χ0n) is 15.3. The number of hydrogen-bond acceptors (Lipinski definition) is 5. The van der Waals surface area contributed by atoms with Gasteiger partial charge in [0.2, 0.25) is 11.8 Å². The van der Waals surface area contributed by atoms with Gasteiger partial charge in [0.1, 0.15) is 0 Å². The van der Waals surface area contributed by atoms with Crippen molar-refractivity contribution >= 4 is 5.91 Å². The van der Waals surface area contributed by atoms with Gasteiger partial charge in [0.25, 0.3) is 5.91 Å². The largest absolute Gasteiger partial charge is 0.419 e. The predicted molar refractivity (Wildman–Crippen MR) is 102 cm³/mol. The molecule has 1 aliphatic heterocycles. The Kier molecular flexibility index (Phi) is 4.98. The number of amides is 1. The fraction of sp³-hybridized carbons (Fsp3) is 0.286. The summed E-state index contributed by atoms with van der Waals surface area (Å²) in [4.78, 5) is 16.7. The first kappa shape index (κ1) is 17.4. The van der Waals surface area contributed by atoms with E-state index in [9.17, 15) is 4.79 Å². The minimum atomic E-state index is 0.0961. The Labute approximate surface area is 158 Å². The molecule has 2 aromatic carbocycles. The van der Waals surface area contributed by atoms with Crippen molar-refractivity contribution in [2.45, 2.75) is 13.5 Å². The van der Waals surface area contributed by atoms with Crippen LogP contribution in [0.2, 0.25) is 0 Å². The lowest BCUT2D eigenvalue weighted by molar-refractivity contribution is 0.0618. The van der Waals surface area contributed by atoms with Crippen molar-refractivity contribution in [3.8, 4) is 11.5 Å². The number of carbonyl (C=O) groups excluding carboxylic acids is 1. The highest BCUT2D eigenvalue weighted by molar-refractivity contribution is 5.94. The Hall–Kier alpha value is -2.99. The molecule has 3 aromatic rings. The van der Waals surface area contributed by atoms with E-state index in [1.54, 1.807) is 0 Å². The molecule has 1 amide bonds. The Morgan fingerprint density at radius 3 is 2.37 bits per heavy atom. The monoisotopic (exact) mass is 362 g/mol. The van der Waals surface area contributed by atoms with Crippen molar-refractivity contribution in [1.82, 2.24) is 20.0 Å². The fourth-order valence-electron chi connectivity index (χ4n) is 3.19. The lowest BCUT2D eigenvalue weighted by Gasteiger charge is -2.34. The Morgan fingerprint density at radius 2 is 1.67 bits per heavy atom. The van der Waals surface area contributed by atoms with Crippen molar-refractivity contribution in [2.24, 2.45) is 0 Å². The van der Waals surface area contributed by atoms with E-state index in [1.807, 2.05) is 66.4 Å². The number of aromatic nitrogens is 2. The van der Waals surface area contributed by atoms with Gasteiger partial charge in [0.15, 0.2) is 0 Å². The summed E-state index contributed by atoms with van der Waals surface area (Å²) in [6.45, 7) is 5.61. The van der Waals surface area contributed by atoms with E-state index < -0.39 is 0 Å². The smallest absolute Gasteiger partial charge is 0.253 e. The highest BCUT2D eigenvalue weighted by Gasteiger charge is 2.23. The number of piperazine rings is 1. The molecule has 2 heterocycles. The first-order chi connectivity index (χ1) is 13.2. The SMILES string of the molecule is Cc1ccc(C(=O)N2CCN(Cc3nnc(-c4ccccc4)o3)CC2)cc1. The van der Waals surface area contributed by atoms with Crippen LogP contribution < -0.4 is 0 Å². The van der Waals surface area contributed by atoms with Crippen LogP contribution in [0.4, 0.5) is 0 Å². The van der Waals surface area contributed by atoms with Crippen LogP contribution in [0, 0.1) is 6.92 Å². The Bertz CT molecular complexity index is 897. The molecule has 0 aliphatic carbocycles. The first-order valence-corrected chi connectivity index (χ1v) is 9.15. The minimum absolute atomic E-state index is 0.0961. The highest BCUT2D eigenvalue weighted by atomic mass is 16.4. The van der Waals surface area contributed by atoms with Gasteiger partial charge in [-0.1, -0.05) is 35.9 Å². The molecule has 6 nitrogen and oxygen atoms in total. The van der Waals surface area contributed by atoms with Gasteiger partial charge < -0.3 is 9.32 Å². The van der Waals surface area contributed by atoms with Crippen LogP contribution in [0.5, 0.6) is 0 Å². The fourth-order valence-corrected chi connectivity index (χ4v) is 3.19. The molecule has 0 atom stereocenters. The van der Waals surface area contributed by atoms with Crippen LogP contribution in [0.15, 0.2) is 59.0 Å². The lowest BCUT2D eigenvalue weighted by atomic mass is 10.1. The maximum absolute atomic E-state index is 12.6. The van der Waals surface area contributed by atoms with Crippen molar-refractivity contribution in [3.63, 3.8) is 0 Å².